The fraction of sp³-hybridized carbons (Fsp3) is 1.00. The van der Waals surface area contributed by atoms with Gasteiger partial charge < -0.3 is 17.6 Å². The molecular formula is C2H9Fe4N3-2. The molecule has 9 heavy (non-hydrogen) atoms. The largest absolute Gasteiger partial charge is 0.679 e. The van der Waals surface area contributed by atoms with E-state index in [1.165, 1.54) is 0 Å². The van der Waals surface area contributed by atoms with Crippen LogP contribution in [0.25, 0.3) is 11.5 Å². The molecule has 5 N–H and O–H groups in total. The molecule has 0 fully saturated rings. The van der Waals surface area contributed by atoms with Gasteiger partial charge >= 0.3 is 0 Å². The van der Waals surface area contributed by atoms with E-state index < -0.39 is 0 Å². The molecule has 0 aromatic carbocycles. The van der Waals surface area contributed by atoms with Gasteiger partial charge in [-0.1, -0.05) is 0 Å². The second-order valence-corrected chi connectivity index (χ2v) is 0.500. The molecule has 0 aliphatic heterocycles. The van der Waals surface area contributed by atoms with Crippen molar-refractivity contribution in [2.75, 3.05) is 13.1 Å². The Balaban J connectivity index is -0.00000000450. The topological polar surface area (TPSA) is 82.6 Å². The van der Waals surface area contributed by atoms with Gasteiger partial charge in [-0.15, -0.1) is 0 Å². The van der Waals surface area contributed by atoms with E-state index in [-0.39, 0.29) is 87.5 Å². The SMILES string of the molecule is N.[Fe].[Fe].[Fe].[Fe].[NH-]CC[NH-]. The second kappa shape index (κ2) is 51.0. The maximum atomic E-state index is 6.26. The fourth-order valence-corrected chi connectivity index (χ4v) is 0. The van der Waals surface area contributed by atoms with Crippen LogP contribution in [0, 0.1) is 0 Å². The van der Waals surface area contributed by atoms with Gasteiger partial charge in [-0.25, -0.2) is 0 Å². The Morgan fingerprint density at radius 2 is 0.778 bits per heavy atom. The van der Waals surface area contributed by atoms with E-state index in [0.29, 0.717) is 0 Å². The Labute approximate surface area is 98.3 Å². The maximum Gasteiger partial charge on any atom is 0 e. The van der Waals surface area contributed by atoms with Crippen LogP contribution in [-0.4, -0.2) is 13.1 Å². The minimum atomic E-state index is 0. The van der Waals surface area contributed by atoms with Crippen LogP contribution < -0.4 is 6.15 Å². The van der Waals surface area contributed by atoms with E-state index in [0.717, 1.165) is 0 Å². The first kappa shape index (κ1) is 44.2. The molecule has 0 spiro atoms. The predicted octanol–water partition coefficient (Wildman–Crippen LogP) is 1.24. The van der Waals surface area contributed by atoms with E-state index in [4.69, 9.17) is 11.5 Å². The molecule has 0 saturated carbocycles. The van der Waals surface area contributed by atoms with Crippen LogP contribution in [0.3, 0.4) is 0 Å². The summed E-state index contributed by atoms with van der Waals surface area (Å²) in [5, 5.41) is 0. The first-order valence-electron chi connectivity index (χ1n) is 1.21. The zero-order valence-electron chi connectivity index (χ0n) is 4.54. The first-order valence-corrected chi connectivity index (χ1v) is 1.21. The number of hydrogen-bond donors (Lipinski definition) is 1. The van der Waals surface area contributed by atoms with Crippen molar-refractivity contribution >= 4 is 0 Å². The third-order valence-corrected chi connectivity index (χ3v) is 0.125. The summed E-state index contributed by atoms with van der Waals surface area (Å²) in [6.07, 6.45) is 0. The molecular weight excluding hydrogens is 289 g/mol. The smallest absolute Gasteiger partial charge is 0 e. The molecule has 3 nitrogen and oxygen atoms in total. The normalized spacial score (nSPS) is 3.33. The summed E-state index contributed by atoms with van der Waals surface area (Å²) >= 11 is 0. The summed E-state index contributed by atoms with van der Waals surface area (Å²) in [6.45, 7) is 0.472. The summed E-state index contributed by atoms with van der Waals surface area (Å²) in [6, 6.07) is 0. The predicted molar refractivity (Wildman–Crippen MR) is 23.4 cm³/mol. The van der Waals surface area contributed by atoms with Crippen molar-refractivity contribution in [1.82, 2.24) is 6.15 Å². The van der Waals surface area contributed by atoms with E-state index in [1.807, 2.05) is 0 Å². The number of nitrogens with one attached hydrogen (secondary N) is 2. The van der Waals surface area contributed by atoms with Crippen molar-refractivity contribution in [3.05, 3.63) is 11.5 Å². The van der Waals surface area contributed by atoms with E-state index in [2.05, 4.69) is 0 Å². The molecule has 0 aromatic rings. The number of rotatable bonds is 1. The van der Waals surface area contributed by atoms with Gasteiger partial charge in [0.15, 0.2) is 0 Å². The van der Waals surface area contributed by atoms with Crippen LogP contribution in [0.15, 0.2) is 0 Å². The van der Waals surface area contributed by atoms with Crippen LogP contribution in [0.1, 0.15) is 0 Å². The van der Waals surface area contributed by atoms with Gasteiger partial charge in [0, 0.05) is 68.3 Å². The maximum absolute atomic E-state index is 6.26. The van der Waals surface area contributed by atoms with Gasteiger partial charge in [-0.2, -0.15) is 13.1 Å². The second-order valence-electron chi connectivity index (χ2n) is 0.500. The van der Waals surface area contributed by atoms with Crippen molar-refractivity contribution < 1.29 is 68.3 Å². The zero-order chi connectivity index (χ0) is 3.41. The molecule has 0 atom stereocenters. The molecule has 0 aromatic heterocycles. The standard InChI is InChI=1S/C2H6N2.4Fe.H3N/c3-1-2-4;;;;;/h3-4H,1-2H2;;;;;1H3/q-2;;;;;. The van der Waals surface area contributed by atoms with Crippen molar-refractivity contribution in [1.29, 1.82) is 0 Å². The summed E-state index contributed by atoms with van der Waals surface area (Å²) in [5.74, 6) is 0. The van der Waals surface area contributed by atoms with E-state index >= 15 is 0 Å². The zero-order valence-corrected chi connectivity index (χ0v) is 8.95. The van der Waals surface area contributed by atoms with Gasteiger partial charge in [0.25, 0.3) is 0 Å². The van der Waals surface area contributed by atoms with Crippen LogP contribution in [0.2, 0.25) is 0 Å². The average molecular weight is 298 g/mol. The molecule has 0 saturated heterocycles. The van der Waals surface area contributed by atoms with Gasteiger partial charge in [0.2, 0.25) is 0 Å². The minimum absolute atomic E-state index is 0. The van der Waals surface area contributed by atoms with Crippen molar-refractivity contribution in [3.63, 3.8) is 0 Å². The van der Waals surface area contributed by atoms with E-state index in [9.17, 15) is 0 Å². The number of hydrogen-bond acceptors (Lipinski definition) is 1. The Bertz CT molecular complexity index is 15.8. The molecule has 7 heteroatoms. The summed E-state index contributed by atoms with van der Waals surface area (Å²) in [4.78, 5) is 0. The van der Waals surface area contributed by atoms with Gasteiger partial charge in [-0.3, -0.25) is 0 Å². The molecule has 0 heterocycles. The van der Waals surface area contributed by atoms with Crippen LogP contribution in [0.4, 0.5) is 0 Å². The van der Waals surface area contributed by atoms with Crippen LogP contribution >= 0.6 is 0 Å². The Morgan fingerprint density at radius 3 is 0.778 bits per heavy atom. The third-order valence-electron chi connectivity index (χ3n) is 0.125. The van der Waals surface area contributed by atoms with Crippen LogP contribution in [-0.2, 0) is 68.3 Å². The monoisotopic (exact) mass is 299 g/mol. The Kier molecular flexibility index (Phi) is 251. The van der Waals surface area contributed by atoms with Gasteiger partial charge in [0.1, 0.15) is 0 Å². The molecule has 0 aliphatic rings. The first-order chi connectivity index (χ1) is 1.91. The fourth-order valence-electron chi connectivity index (χ4n) is 0. The van der Waals surface area contributed by atoms with Gasteiger partial charge in [0.05, 0.1) is 0 Å². The molecule has 66 valence electrons. The molecule has 0 unspecified atom stereocenters. The quantitative estimate of drug-likeness (QED) is 0.726. The summed E-state index contributed by atoms with van der Waals surface area (Å²) in [7, 11) is 0. The average Bonchev–Trinajstić information content (AvgIpc) is 1.37. The molecule has 0 amide bonds. The van der Waals surface area contributed by atoms with E-state index in [1.54, 1.807) is 0 Å². The van der Waals surface area contributed by atoms with Crippen molar-refractivity contribution in [3.8, 4) is 0 Å². The third kappa shape index (κ3) is 72.1. The Morgan fingerprint density at radius 1 is 0.667 bits per heavy atom. The summed E-state index contributed by atoms with van der Waals surface area (Å²) < 4.78 is 0. The molecule has 0 aliphatic carbocycles. The summed E-state index contributed by atoms with van der Waals surface area (Å²) in [5.41, 5.74) is 12.5. The van der Waals surface area contributed by atoms with Crippen molar-refractivity contribution in [2.45, 2.75) is 0 Å². The molecule has 0 rings (SSSR count). The van der Waals surface area contributed by atoms with Crippen LogP contribution in [0.5, 0.6) is 0 Å². The molecule has 0 bridgehead atoms. The molecule has 0 radical (unpaired) electrons. The Hall–Kier alpha value is 1.96. The minimum Gasteiger partial charge on any atom is -0.679 e. The van der Waals surface area contributed by atoms with Crippen molar-refractivity contribution in [2.24, 2.45) is 0 Å². The van der Waals surface area contributed by atoms with Gasteiger partial charge in [-0.05, 0) is 0 Å².